The van der Waals surface area contributed by atoms with Gasteiger partial charge in [0.05, 0.1) is 15.8 Å². The Morgan fingerprint density at radius 3 is 2.52 bits per heavy atom. The predicted molar refractivity (Wildman–Crippen MR) is 85.1 cm³/mol. The van der Waals surface area contributed by atoms with E-state index in [-0.39, 0.29) is 11.6 Å². The largest absolute Gasteiger partial charge is 0.403 e. The Hall–Kier alpha value is -2.29. The van der Waals surface area contributed by atoms with Crippen LogP contribution < -0.4 is 5.63 Å². The Balaban J connectivity index is 2.14. The number of hydrogen-bond acceptors (Lipinski definition) is 5. The van der Waals surface area contributed by atoms with Crippen LogP contribution in [-0.2, 0) is 0 Å². The quantitative estimate of drug-likeness (QED) is 0.378. The van der Waals surface area contributed by atoms with Crippen LogP contribution >= 0.6 is 22.6 Å². The lowest BCUT2D eigenvalue weighted by molar-refractivity contribution is -0.384. The van der Waals surface area contributed by atoms with E-state index in [2.05, 4.69) is 27.6 Å². The van der Waals surface area contributed by atoms with Crippen molar-refractivity contribution in [2.24, 2.45) is 0 Å². The molecule has 0 aliphatic heterocycles. The van der Waals surface area contributed by atoms with Gasteiger partial charge < -0.3 is 4.42 Å². The maximum atomic E-state index is 12.0. The van der Waals surface area contributed by atoms with Gasteiger partial charge in [-0.1, -0.05) is 0 Å². The summed E-state index contributed by atoms with van der Waals surface area (Å²) >= 11 is 2.10. The van der Waals surface area contributed by atoms with Crippen molar-refractivity contribution in [3.8, 4) is 11.5 Å². The van der Waals surface area contributed by atoms with E-state index in [0.29, 0.717) is 16.5 Å². The number of hydrogen-bond donors (Lipinski definition) is 0. The number of aromatic nitrogens is 1. The number of benzene rings is 2. The molecule has 0 bridgehead atoms. The summed E-state index contributed by atoms with van der Waals surface area (Å²) in [6.07, 6.45) is 0. The summed E-state index contributed by atoms with van der Waals surface area (Å²) in [7, 11) is 0. The van der Waals surface area contributed by atoms with Gasteiger partial charge in [0.25, 0.3) is 5.69 Å². The molecule has 1 aromatic heterocycles. The summed E-state index contributed by atoms with van der Waals surface area (Å²) in [5, 5.41) is 11.0. The molecule has 0 amide bonds. The topological polar surface area (TPSA) is 86.2 Å². The summed E-state index contributed by atoms with van der Waals surface area (Å²) in [6.45, 7) is 0. The molecule has 0 fully saturated rings. The lowest BCUT2D eigenvalue weighted by Crippen LogP contribution is -2.03. The third-order valence-corrected chi connectivity index (χ3v) is 3.59. The summed E-state index contributed by atoms with van der Waals surface area (Å²) in [5.41, 5.74) is 0.529. The minimum atomic E-state index is -0.490. The van der Waals surface area contributed by atoms with Crippen molar-refractivity contribution < 1.29 is 9.34 Å². The van der Waals surface area contributed by atoms with Gasteiger partial charge in [-0.25, -0.2) is 9.78 Å². The Morgan fingerprint density at radius 1 is 1.14 bits per heavy atom. The third kappa shape index (κ3) is 2.64. The van der Waals surface area contributed by atoms with Gasteiger partial charge in [0.1, 0.15) is 0 Å². The van der Waals surface area contributed by atoms with E-state index in [1.807, 2.05) is 6.07 Å². The molecule has 0 aliphatic rings. The van der Waals surface area contributed by atoms with E-state index in [9.17, 15) is 14.9 Å². The monoisotopic (exact) mass is 394 g/mol. The number of halogens is 1. The molecule has 3 aromatic rings. The Labute approximate surface area is 131 Å². The molecular formula is C14H7IN2O4. The first-order valence-electron chi connectivity index (χ1n) is 5.90. The number of nitrogens with zero attached hydrogens (tertiary/aromatic N) is 2. The van der Waals surface area contributed by atoms with E-state index < -0.39 is 10.5 Å². The zero-order valence-electron chi connectivity index (χ0n) is 10.4. The average molecular weight is 394 g/mol. The molecule has 3 rings (SSSR count). The van der Waals surface area contributed by atoms with E-state index >= 15 is 0 Å². The fourth-order valence-corrected chi connectivity index (χ4v) is 2.38. The fraction of sp³-hybridized carbons (Fsp3) is 0. The number of fused-ring (bicyclic) bond motifs is 1. The molecule has 2 aromatic carbocycles. The molecule has 6 nitrogen and oxygen atoms in total. The SMILES string of the molecule is O=c1oc(-c2ccc([N+](=O)[O-])cc2)nc2ccc(I)cc12. The maximum absolute atomic E-state index is 12.0. The van der Waals surface area contributed by atoms with Crippen LogP contribution in [-0.4, -0.2) is 9.91 Å². The summed E-state index contributed by atoms with van der Waals surface area (Å²) in [5.74, 6) is 0.142. The van der Waals surface area contributed by atoms with Gasteiger partial charge in [-0.05, 0) is 52.9 Å². The van der Waals surface area contributed by atoms with Crippen LogP contribution in [0.15, 0.2) is 51.7 Å². The molecule has 21 heavy (non-hydrogen) atoms. The molecule has 1 heterocycles. The van der Waals surface area contributed by atoms with E-state index in [1.165, 1.54) is 24.3 Å². The highest BCUT2D eigenvalue weighted by Crippen LogP contribution is 2.22. The van der Waals surface area contributed by atoms with Crippen molar-refractivity contribution in [1.82, 2.24) is 4.98 Å². The second-order valence-corrected chi connectivity index (χ2v) is 5.52. The molecule has 0 atom stereocenters. The van der Waals surface area contributed by atoms with E-state index in [1.54, 1.807) is 12.1 Å². The highest BCUT2D eigenvalue weighted by atomic mass is 127. The number of nitro benzene ring substituents is 1. The van der Waals surface area contributed by atoms with Crippen molar-refractivity contribution in [2.75, 3.05) is 0 Å². The fourth-order valence-electron chi connectivity index (χ4n) is 1.89. The molecule has 0 unspecified atom stereocenters. The van der Waals surface area contributed by atoms with Crippen LogP contribution in [0.25, 0.3) is 22.4 Å². The molecular weight excluding hydrogens is 387 g/mol. The summed E-state index contributed by atoms with van der Waals surface area (Å²) in [6, 6.07) is 11.0. The minimum Gasteiger partial charge on any atom is -0.403 e. The summed E-state index contributed by atoms with van der Waals surface area (Å²) in [4.78, 5) is 26.4. The van der Waals surface area contributed by atoms with Crippen molar-refractivity contribution in [3.05, 3.63) is 66.6 Å². The Bertz CT molecular complexity index is 903. The van der Waals surface area contributed by atoms with Crippen molar-refractivity contribution in [2.45, 2.75) is 0 Å². The van der Waals surface area contributed by atoms with Crippen LogP contribution in [0.3, 0.4) is 0 Å². The van der Waals surface area contributed by atoms with Gasteiger partial charge in [0.2, 0.25) is 5.89 Å². The Morgan fingerprint density at radius 2 is 1.86 bits per heavy atom. The van der Waals surface area contributed by atoms with Gasteiger partial charge in [-0.15, -0.1) is 0 Å². The second-order valence-electron chi connectivity index (χ2n) is 4.27. The average Bonchev–Trinajstić information content (AvgIpc) is 2.48. The first-order valence-corrected chi connectivity index (χ1v) is 6.98. The lowest BCUT2D eigenvalue weighted by Gasteiger charge is -2.02. The van der Waals surface area contributed by atoms with Gasteiger partial charge in [0.15, 0.2) is 0 Å². The first kappa shape index (κ1) is 13.7. The van der Waals surface area contributed by atoms with Crippen LogP contribution in [0.2, 0.25) is 0 Å². The lowest BCUT2D eigenvalue weighted by atomic mass is 10.2. The number of nitro groups is 1. The molecule has 0 aliphatic carbocycles. The molecule has 104 valence electrons. The standard InChI is InChI=1S/C14H7IN2O4/c15-9-3-6-12-11(7-9)14(18)21-13(16-12)8-1-4-10(5-2-8)17(19)20/h1-7H. The van der Waals surface area contributed by atoms with Crippen LogP contribution in [0, 0.1) is 13.7 Å². The number of non-ortho nitro benzene ring substituents is 1. The zero-order chi connectivity index (χ0) is 15.0. The number of rotatable bonds is 2. The molecule has 0 radical (unpaired) electrons. The third-order valence-electron chi connectivity index (χ3n) is 2.91. The van der Waals surface area contributed by atoms with Crippen LogP contribution in [0.1, 0.15) is 0 Å². The zero-order valence-corrected chi connectivity index (χ0v) is 12.6. The smallest absolute Gasteiger partial charge is 0.347 e. The Kier molecular flexibility index (Phi) is 3.42. The van der Waals surface area contributed by atoms with Crippen molar-refractivity contribution >= 4 is 39.2 Å². The molecule has 0 saturated carbocycles. The second kappa shape index (κ2) is 5.24. The molecule has 0 saturated heterocycles. The van der Waals surface area contributed by atoms with E-state index in [0.717, 1.165) is 3.57 Å². The van der Waals surface area contributed by atoms with Crippen LogP contribution in [0.4, 0.5) is 5.69 Å². The predicted octanol–water partition coefficient (Wildman–Crippen LogP) is 3.37. The normalized spacial score (nSPS) is 10.7. The molecule has 0 spiro atoms. The van der Waals surface area contributed by atoms with Crippen molar-refractivity contribution in [1.29, 1.82) is 0 Å². The summed E-state index contributed by atoms with van der Waals surface area (Å²) < 4.78 is 6.11. The maximum Gasteiger partial charge on any atom is 0.347 e. The van der Waals surface area contributed by atoms with Gasteiger partial charge in [0, 0.05) is 21.3 Å². The van der Waals surface area contributed by atoms with E-state index in [4.69, 9.17) is 4.42 Å². The highest BCUT2D eigenvalue weighted by molar-refractivity contribution is 14.1. The molecule has 7 heteroatoms. The van der Waals surface area contributed by atoms with Crippen molar-refractivity contribution in [3.63, 3.8) is 0 Å². The van der Waals surface area contributed by atoms with Gasteiger partial charge >= 0.3 is 5.63 Å². The first-order chi connectivity index (χ1) is 10.0. The van der Waals surface area contributed by atoms with Crippen LogP contribution in [0.5, 0.6) is 0 Å². The minimum absolute atomic E-state index is 0.0311. The highest BCUT2D eigenvalue weighted by Gasteiger charge is 2.11. The van der Waals surface area contributed by atoms with Gasteiger partial charge in [-0.3, -0.25) is 10.1 Å². The van der Waals surface area contributed by atoms with Gasteiger partial charge in [-0.2, -0.15) is 0 Å². The molecule has 0 N–H and O–H groups in total.